The minimum atomic E-state index is -1.05. The summed E-state index contributed by atoms with van der Waals surface area (Å²) in [5, 5.41) is 18.2. The number of halogens is 1. The van der Waals surface area contributed by atoms with Crippen molar-refractivity contribution in [2.24, 2.45) is 0 Å². The summed E-state index contributed by atoms with van der Waals surface area (Å²) in [7, 11) is 1.72. The molecule has 0 unspecified atom stereocenters. The van der Waals surface area contributed by atoms with Gasteiger partial charge in [-0.15, -0.1) is 0 Å². The number of hydrogen-bond donors (Lipinski definition) is 3. The molecule has 0 saturated heterocycles. The summed E-state index contributed by atoms with van der Waals surface area (Å²) in [6.45, 7) is 12.1. The normalized spacial score (nSPS) is 12.7. The maximum absolute atomic E-state index is 14.0. The SMILES string of the molecule is CN/C=C(\C=N)c1ccc(-c2c(C)noc2[C@H](CC(=O)OC(C)(C)C)NC(=O)OC(C)(C)C)c(C(=O)c2ccc(Cl)cc2)c1. The quantitative estimate of drug-likeness (QED) is 0.124. The summed E-state index contributed by atoms with van der Waals surface area (Å²) >= 11 is 6.08. The Morgan fingerprint density at radius 1 is 1.00 bits per heavy atom. The minimum Gasteiger partial charge on any atom is -0.460 e. The van der Waals surface area contributed by atoms with E-state index >= 15 is 0 Å². The topological polar surface area (TPSA) is 144 Å². The Hall–Kier alpha value is -4.44. The lowest BCUT2D eigenvalue weighted by Crippen LogP contribution is -2.36. The molecule has 3 rings (SSSR count). The number of allylic oxidation sites excluding steroid dienone is 1. The van der Waals surface area contributed by atoms with Gasteiger partial charge in [0, 0.05) is 41.2 Å². The highest BCUT2D eigenvalue weighted by Gasteiger charge is 2.32. The zero-order valence-corrected chi connectivity index (χ0v) is 27.0. The van der Waals surface area contributed by atoms with E-state index in [1.54, 1.807) is 104 Å². The Morgan fingerprint density at radius 3 is 2.18 bits per heavy atom. The average Bonchev–Trinajstić information content (AvgIpc) is 3.30. The lowest BCUT2D eigenvalue weighted by molar-refractivity contribution is -0.155. The molecule has 0 fully saturated rings. The summed E-state index contributed by atoms with van der Waals surface area (Å²) in [4.78, 5) is 39.9. The summed E-state index contributed by atoms with van der Waals surface area (Å²) in [6.07, 6.45) is 1.77. The second-order valence-electron chi connectivity index (χ2n) is 12.1. The van der Waals surface area contributed by atoms with Crippen molar-refractivity contribution in [2.75, 3.05) is 7.05 Å². The fourth-order valence-corrected chi connectivity index (χ4v) is 4.54. The van der Waals surface area contributed by atoms with Crippen molar-refractivity contribution in [3.05, 3.63) is 81.8 Å². The molecular weight excluding hydrogens is 584 g/mol. The summed E-state index contributed by atoms with van der Waals surface area (Å²) < 4.78 is 16.8. The molecule has 0 spiro atoms. The number of hydrogen-bond acceptors (Lipinski definition) is 9. The van der Waals surface area contributed by atoms with Crippen LogP contribution in [0.5, 0.6) is 0 Å². The number of ether oxygens (including phenoxy) is 2. The molecule has 1 amide bonds. The second kappa shape index (κ2) is 13.9. The van der Waals surface area contributed by atoms with E-state index in [2.05, 4.69) is 15.8 Å². The van der Waals surface area contributed by atoms with Gasteiger partial charge in [0.15, 0.2) is 11.5 Å². The van der Waals surface area contributed by atoms with Crippen LogP contribution >= 0.6 is 11.6 Å². The van der Waals surface area contributed by atoms with Crippen LogP contribution in [0, 0.1) is 12.3 Å². The zero-order chi connectivity index (χ0) is 32.8. The van der Waals surface area contributed by atoms with Gasteiger partial charge in [-0.3, -0.25) is 9.59 Å². The Kier molecular flexibility index (Phi) is 10.8. The number of alkyl carbamates (subject to hydrolysis) is 1. The highest BCUT2D eigenvalue weighted by molar-refractivity contribution is 6.30. The van der Waals surface area contributed by atoms with Crippen molar-refractivity contribution in [3.63, 3.8) is 0 Å². The van der Waals surface area contributed by atoms with Crippen LogP contribution in [0.2, 0.25) is 5.02 Å². The molecule has 0 saturated carbocycles. The van der Waals surface area contributed by atoms with Crippen LogP contribution in [0.3, 0.4) is 0 Å². The average molecular weight is 623 g/mol. The molecule has 3 aromatic rings. The van der Waals surface area contributed by atoms with Crippen LogP contribution in [0.15, 0.2) is 53.2 Å². The molecule has 0 bridgehead atoms. The molecular formula is C33H39ClN4O6. The molecule has 234 valence electrons. The fraction of sp³-hybridized carbons (Fsp3) is 0.364. The Balaban J connectivity index is 2.23. The fourth-order valence-electron chi connectivity index (χ4n) is 4.41. The zero-order valence-electron chi connectivity index (χ0n) is 26.3. The monoisotopic (exact) mass is 622 g/mol. The van der Waals surface area contributed by atoms with Crippen LogP contribution in [-0.2, 0) is 14.3 Å². The number of carbonyl (C=O) groups excluding carboxylic acids is 3. The van der Waals surface area contributed by atoms with Crippen LogP contribution in [0.1, 0.15) is 86.9 Å². The molecule has 3 N–H and O–H groups in total. The van der Waals surface area contributed by atoms with Gasteiger partial charge in [0.1, 0.15) is 17.2 Å². The van der Waals surface area contributed by atoms with Crippen molar-refractivity contribution in [3.8, 4) is 11.1 Å². The number of rotatable bonds is 10. The van der Waals surface area contributed by atoms with Crippen molar-refractivity contribution in [1.29, 1.82) is 5.41 Å². The Bertz CT molecular complexity index is 1530. The van der Waals surface area contributed by atoms with E-state index in [9.17, 15) is 14.4 Å². The van der Waals surface area contributed by atoms with E-state index in [1.165, 1.54) is 6.21 Å². The third kappa shape index (κ3) is 9.03. The lowest BCUT2D eigenvalue weighted by Gasteiger charge is -2.24. The molecule has 0 radical (unpaired) electrons. The van der Waals surface area contributed by atoms with Crippen LogP contribution in [0.4, 0.5) is 4.79 Å². The number of aromatic nitrogens is 1. The Morgan fingerprint density at radius 2 is 1.61 bits per heavy atom. The first kappa shape index (κ1) is 34.1. The number of amides is 1. The molecule has 10 nitrogen and oxygen atoms in total. The van der Waals surface area contributed by atoms with Crippen LogP contribution < -0.4 is 10.6 Å². The van der Waals surface area contributed by atoms with E-state index in [0.29, 0.717) is 38.5 Å². The van der Waals surface area contributed by atoms with Crippen molar-refractivity contribution < 1.29 is 28.4 Å². The number of nitrogens with one attached hydrogen (secondary N) is 3. The molecule has 1 heterocycles. The van der Waals surface area contributed by atoms with Crippen molar-refractivity contribution in [2.45, 2.75) is 72.1 Å². The van der Waals surface area contributed by atoms with Gasteiger partial charge in [0.05, 0.1) is 17.7 Å². The first-order valence-electron chi connectivity index (χ1n) is 14.0. The third-order valence-electron chi connectivity index (χ3n) is 6.12. The number of esters is 1. The maximum atomic E-state index is 14.0. The van der Waals surface area contributed by atoms with E-state index in [0.717, 1.165) is 0 Å². The van der Waals surface area contributed by atoms with E-state index in [-0.39, 0.29) is 23.5 Å². The Labute approximate surface area is 262 Å². The summed E-state index contributed by atoms with van der Waals surface area (Å²) in [5.41, 5.74) is 1.56. The van der Waals surface area contributed by atoms with Gasteiger partial charge in [-0.25, -0.2) is 4.79 Å². The molecule has 44 heavy (non-hydrogen) atoms. The number of aryl methyl sites for hydroxylation is 1. The molecule has 1 atom stereocenters. The van der Waals surface area contributed by atoms with Gasteiger partial charge in [0.25, 0.3) is 0 Å². The largest absolute Gasteiger partial charge is 0.460 e. The first-order valence-corrected chi connectivity index (χ1v) is 14.4. The third-order valence-corrected chi connectivity index (χ3v) is 6.37. The van der Waals surface area contributed by atoms with E-state index < -0.39 is 29.3 Å². The van der Waals surface area contributed by atoms with E-state index in [1.807, 2.05) is 0 Å². The van der Waals surface area contributed by atoms with Gasteiger partial charge in [0.2, 0.25) is 0 Å². The van der Waals surface area contributed by atoms with Gasteiger partial charge in [-0.05, 0) is 89.9 Å². The van der Waals surface area contributed by atoms with Gasteiger partial charge >= 0.3 is 12.1 Å². The summed E-state index contributed by atoms with van der Waals surface area (Å²) in [5.74, 6) is -0.753. The predicted molar refractivity (Wildman–Crippen MR) is 170 cm³/mol. The van der Waals surface area contributed by atoms with E-state index in [4.69, 9.17) is 31.0 Å². The minimum absolute atomic E-state index is 0.148. The maximum Gasteiger partial charge on any atom is 0.408 e. The smallest absolute Gasteiger partial charge is 0.408 e. The number of ketones is 1. The molecule has 0 aliphatic heterocycles. The second-order valence-corrected chi connectivity index (χ2v) is 12.6. The highest BCUT2D eigenvalue weighted by Crippen LogP contribution is 2.37. The molecule has 0 aliphatic rings. The molecule has 11 heteroatoms. The van der Waals surface area contributed by atoms with Crippen LogP contribution in [-0.4, -0.2) is 47.5 Å². The van der Waals surface area contributed by atoms with Gasteiger partial charge in [-0.1, -0.05) is 28.9 Å². The molecule has 0 aliphatic carbocycles. The number of carbonyl (C=O) groups is 3. The van der Waals surface area contributed by atoms with Gasteiger partial charge in [-0.2, -0.15) is 0 Å². The number of nitrogens with zero attached hydrogens (tertiary/aromatic N) is 1. The summed E-state index contributed by atoms with van der Waals surface area (Å²) in [6, 6.07) is 10.6. The standard InChI is InChI=1S/C33H39ClN4O6/c1-19-28(30(44-38-19)26(16-27(39)42-32(2,3)4)37-31(41)43-33(5,6)7)24-14-11-21(22(17-35)18-36-8)15-25(24)29(40)20-9-12-23(34)13-10-20/h9-15,17-18,26,35-36H,16H2,1-8H3,(H,37,41)/b22-18+,35-17?/t26-/m0/s1. The van der Waals surface area contributed by atoms with Crippen LogP contribution in [0.25, 0.3) is 16.7 Å². The highest BCUT2D eigenvalue weighted by atomic mass is 35.5. The van der Waals surface area contributed by atoms with Gasteiger partial charge < -0.3 is 30.0 Å². The lowest BCUT2D eigenvalue weighted by atomic mass is 9.88. The number of benzene rings is 2. The van der Waals surface area contributed by atoms with Crippen molar-refractivity contribution in [1.82, 2.24) is 15.8 Å². The van der Waals surface area contributed by atoms with Crippen molar-refractivity contribution >= 4 is 41.2 Å². The predicted octanol–water partition coefficient (Wildman–Crippen LogP) is 7.04. The molecule has 1 aromatic heterocycles. The molecule has 2 aromatic carbocycles. The first-order chi connectivity index (χ1) is 20.5.